The Labute approximate surface area is 127 Å². The molecule has 4 nitrogen and oxygen atoms in total. The van der Waals surface area contributed by atoms with Gasteiger partial charge in [-0.15, -0.1) is 0 Å². The van der Waals surface area contributed by atoms with E-state index < -0.39 is 0 Å². The van der Waals surface area contributed by atoms with Gasteiger partial charge in [0.25, 0.3) is 0 Å². The van der Waals surface area contributed by atoms with Gasteiger partial charge in [-0.05, 0) is 44.2 Å². The lowest BCUT2D eigenvalue weighted by Gasteiger charge is -2.35. The molecule has 3 rings (SSSR count). The highest BCUT2D eigenvalue weighted by molar-refractivity contribution is 5.70. The maximum atomic E-state index is 12.1. The van der Waals surface area contributed by atoms with Gasteiger partial charge in [-0.2, -0.15) is 0 Å². The molecule has 0 saturated carbocycles. The second-order valence-corrected chi connectivity index (χ2v) is 5.67. The molecule has 2 bridgehead atoms. The second-order valence-electron chi connectivity index (χ2n) is 5.67. The number of fused-ring (bicyclic) bond motifs is 4. The molecular weight excluding hydrogens is 266 g/mol. The number of methoxy groups -OCH3 is 1. The van der Waals surface area contributed by atoms with Crippen molar-refractivity contribution >= 4 is 6.09 Å². The second kappa shape index (κ2) is 6.94. The van der Waals surface area contributed by atoms with E-state index in [1.165, 1.54) is 16.7 Å². The van der Waals surface area contributed by atoms with Crippen molar-refractivity contribution in [3.05, 3.63) is 34.9 Å². The Morgan fingerprint density at radius 2 is 2.05 bits per heavy atom. The molecule has 2 unspecified atom stereocenters. The van der Waals surface area contributed by atoms with Gasteiger partial charge in [0.1, 0.15) is 0 Å². The van der Waals surface area contributed by atoms with Gasteiger partial charge in [-0.1, -0.05) is 23.8 Å². The Morgan fingerprint density at radius 3 is 2.71 bits per heavy atom. The molecule has 116 valence electrons. The number of rotatable bonds is 1. The Kier molecular flexibility index (Phi) is 5.23. The first kappa shape index (κ1) is 15.8. The fraction of sp³-hybridized carbons (Fsp3) is 0.588. The molecule has 2 heterocycles. The predicted molar refractivity (Wildman–Crippen MR) is 82.4 cm³/mol. The highest BCUT2D eigenvalue weighted by Gasteiger charge is 2.43. The summed E-state index contributed by atoms with van der Waals surface area (Å²) < 4.78 is 9.44. The van der Waals surface area contributed by atoms with Crippen molar-refractivity contribution in [2.45, 2.75) is 45.2 Å². The number of benzene rings is 1. The number of nitrogens with zero attached hydrogens (tertiary/aromatic N) is 1. The zero-order chi connectivity index (χ0) is 15.4. The van der Waals surface area contributed by atoms with E-state index >= 15 is 0 Å². The molecule has 2 aliphatic heterocycles. The molecule has 1 fully saturated rings. The third-order valence-corrected chi connectivity index (χ3v) is 4.10. The molecule has 2 atom stereocenters. The van der Waals surface area contributed by atoms with Crippen molar-refractivity contribution in [2.24, 2.45) is 0 Å². The molecule has 4 heteroatoms. The lowest BCUT2D eigenvalue weighted by molar-refractivity contribution is 0.0838. The first-order valence-electron chi connectivity index (χ1n) is 7.57. The largest absolute Gasteiger partial charge is 0.450 e. The number of aryl methyl sites for hydroxylation is 1. The van der Waals surface area contributed by atoms with Gasteiger partial charge in [-0.3, -0.25) is 4.90 Å². The average Bonchev–Trinajstić information content (AvgIpc) is 2.77. The van der Waals surface area contributed by atoms with Crippen LogP contribution in [0.15, 0.2) is 18.2 Å². The molecule has 1 aromatic carbocycles. The topological polar surface area (TPSA) is 38.8 Å². The van der Waals surface area contributed by atoms with Crippen LogP contribution in [0.5, 0.6) is 0 Å². The number of hydrogen-bond donors (Lipinski definition) is 0. The highest BCUT2D eigenvalue weighted by Crippen LogP contribution is 2.44. The first-order valence-corrected chi connectivity index (χ1v) is 7.57. The lowest BCUT2D eigenvalue weighted by atomic mass is 9.92. The molecule has 1 amide bonds. The standard InChI is InChI=1S/C15H19NO2.C2H6O/c1-3-18-15(17)16-12-6-7-14(16)13-8-10(2)4-5-11(13)9-12;1-3-2/h4-5,8,12,14H,3,6-7,9H2,1-2H3;1-2H3. The summed E-state index contributed by atoms with van der Waals surface area (Å²) in [5.74, 6) is 0. The number of hydrogen-bond acceptors (Lipinski definition) is 3. The molecule has 1 saturated heterocycles. The molecule has 21 heavy (non-hydrogen) atoms. The van der Waals surface area contributed by atoms with E-state index in [1.807, 2.05) is 11.8 Å². The van der Waals surface area contributed by atoms with Crippen LogP contribution in [0.25, 0.3) is 0 Å². The van der Waals surface area contributed by atoms with Gasteiger partial charge in [0.05, 0.1) is 12.6 Å². The van der Waals surface area contributed by atoms with Crippen LogP contribution >= 0.6 is 0 Å². The van der Waals surface area contributed by atoms with Crippen molar-refractivity contribution in [1.82, 2.24) is 4.90 Å². The predicted octanol–water partition coefficient (Wildman–Crippen LogP) is 3.48. The minimum Gasteiger partial charge on any atom is -0.450 e. The average molecular weight is 291 g/mol. The molecule has 0 N–H and O–H groups in total. The molecule has 1 aromatic rings. The van der Waals surface area contributed by atoms with Crippen LogP contribution in [0.2, 0.25) is 0 Å². The summed E-state index contributed by atoms with van der Waals surface area (Å²) in [5.41, 5.74) is 4.01. The molecular formula is C17H25NO3. The Hall–Kier alpha value is -1.55. The van der Waals surface area contributed by atoms with Gasteiger partial charge in [-0.25, -0.2) is 4.79 Å². The van der Waals surface area contributed by atoms with Crippen LogP contribution in [-0.2, 0) is 15.9 Å². The van der Waals surface area contributed by atoms with Crippen molar-refractivity contribution in [3.8, 4) is 0 Å². The summed E-state index contributed by atoms with van der Waals surface area (Å²) in [6.45, 7) is 4.42. The number of amides is 1. The van der Waals surface area contributed by atoms with Crippen molar-refractivity contribution < 1.29 is 14.3 Å². The monoisotopic (exact) mass is 291 g/mol. The summed E-state index contributed by atoms with van der Waals surface area (Å²) in [5, 5.41) is 0. The van der Waals surface area contributed by atoms with E-state index in [9.17, 15) is 4.79 Å². The van der Waals surface area contributed by atoms with Gasteiger partial charge < -0.3 is 9.47 Å². The van der Waals surface area contributed by atoms with Crippen molar-refractivity contribution in [2.75, 3.05) is 20.8 Å². The van der Waals surface area contributed by atoms with Crippen LogP contribution in [0, 0.1) is 6.92 Å². The molecule has 2 aliphatic rings. The minimum absolute atomic E-state index is 0.142. The zero-order valence-corrected chi connectivity index (χ0v) is 13.4. The van der Waals surface area contributed by atoms with E-state index in [1.54, 1.807) is 14.2 Å². The minimum atomic E-state index is -0.142. The van der Waals surface area contributed by atoms with Crippen LogP contribution in [0.4, 0.5) is 4.79 Å². The first-order chi connectivity index (χ1) is 10.1. The Bertz CT molecular complexity index is 501. The molecule has 0 aromatic heterocycles. The van der Waals surface area contributed by atoms with Gasteiger partial charge in [0.2, 0.25) is 0 Å². The maximum absolute atomic E-state index is 12.1. The van der Waals surface area contributed by atoms with E-state index in [2.05, 4.69) is 29.9 Å². The third-order valence-electron chi connectivity index (χ3n) is 4.10. The number of carbonyl (C=O) groups is 1. The summed E-state index contributed by atoms with van der Waals surface area (Å²) in [6, 6.07) is 7.19. The third kappa shape index (κ3) is 3.21. The maximum Gasteiger partial charge on any atom is 0.410 e. The summed E-state index contributed by atoms with van der Waals surface area (Å²) >= 11 is 0. The Balaban J connectivity index is 0.000000497. The number of ether oxygens (including phenoxy) is 2. The normalized spacial score (nSPS) is 22.2. The zero-order valence-electron chi connectivity index (χ0n) is 13.4. The summed E-state index contributed by atoms with van der Waals surface area (Å²) in [6.07, 6.45) is 3.00. The van der Waals surface area contributed by atoms with Crippen molar-refractivity contribution in [3.63, 3.8) is 0 Å². The van der Waals surface area contributed by atoms with Gasteiger partial charge >= 0.3 is 6.09 Å². The summed E-state index contributed by atoms with van der Waals surface area (Å²) in [4.78, 5) is 14.0. The molecule has 0 radical (unpaired) electrons. The highest BCUT2D eigenvalue weighted by atomic mass is 16.6. The van der Waals surface area contributed by atoms with E-state index in [-0.39, 0.29) is 12.1 Å². The van der Waals surface area contributed by atoms with Crippen LogP contribution in [0.1, 0.15) is 42.5 Å². The van der Waals surface area contributed by atoms with Crippen LogP contribution in [-0.4, -0.2) is 37.9 Å². The fourth-order valence-electron chi connectivity index (χ4n) is 3.33. The summed E-state index contributed by atoms with van der Waals surface area (Å²) in [7, 11) is 3.25. The molecule has 0 spiro atoms. The van der Waals surface area contributed by atoms with Gasteiger partial charge in [0.15, 0.2) is 0 Å². The lowest BCUT2D eigenvalue weighted by Crippen LogP contribution is -2.42. The quantitative estimate of drug-likeness (QED) is 0.795. The number of carbonyl (C=O) groups excluding carboxylic acids is 1. The van der Waals surface area contributed by atoms with Gasteiger partial charge in [0, 0.05) is 20.3 Å². The smallest absolute Gasteiger partial charge is 0.410 e. The SMILES string of the molecule is CCOC(=O)N1C2CCC1c1cc(C)ccc1C2.COC. The van der Waals surface area contributed by atoms with E-state index in [0.717, 1.165) is 19.3 Å². The van der Waals surface area contributed by atoms with Crippen LogP contribution < -0.4 is 0 Å². The molecule has 0 aliphatic carbocycles. The Morgan fingerprint density at radius 1 is 1.33 bits per heavy atom. The fourth-order valence-corrected chi connectivity index (χ4v) is 3.33. The van der Waals surface area contributed by atoms with Crippen molar-refractivity contribution in [1.29, 1.82) is 0 Å². The van der Waals surface area contributed by atoms with Crippen LogP contribution in [0.3, 0.4) is 0 Å². The van der Waals surface area contributed by atoms with E-state index in [4.69, 9.17) is 4.74 Å². The van der Waals surface area contributed by atoms with E-state index in [0.29, 0.717) is 12.6 Å².